The van der Waals surface area contributed by atoms with Gasteiger partial charge in [-0.1, -0.05) is 48.5 Å². The first kappa shape index (κ1) is 21.2. The molecule has 0 fully saturated rings. The number of carbonyl (C=O) groups is 2. The number of esters is 1. The summed E-state index contributed by atoms with van der Waals surface area (Å²) in [5.41, 5.74) is 1.29. The van der Waals surface area contributed by atoms with Gasteiger partial charge in [0.05, 0.1) is 17.5 Å². The van der Waals surface area contributed by atoms with Crippen LogP contribution in [0.3, 0.4) is 0 Å². The Bertz CT molecular complexity index is 1080. The summed E-state index contributed by atoms with van der Waals surface area (Å²) in [6, 6.07) is 16.9. The number of aromatic amines is 1. The molecule has 0 saturated heterocycles. The van der Waals surface area contributed by atoms with Crippen molar-refractivity contribution in [2.45, 2.75) is 45.3 Å². The average Bonchev–Trinajstić information content (AvgIpc) is 2.75. The molecule has 30 heavy (non-hydrogen) atoms. The normalized spacial score (nSPS) is 12.9. The maximum absolute atomic E-state index is 12.4. The van der Waals surface area contributed by atoms with Crippen molar-refractivity contribution in [2.75, 3.05) is 0 Å². The number of fused-ring (bicyclic) bond motifs is 1. The van der Waals surface area contributed by atoms with Crippen LogP contribution in [0.25, 0.3) is 10.8 Å². The van der Waals surface area contributed by atoms with E-state index in [2.05, 4.69) is 15.5 Å². The van der Waals surface area contributed by atoms with Gasteiger partial charge in [-0.15, -0.1) is 0 Å². The molecule has 3 rings (SSSR count). The molecule has 7 nitrogen and oxygen atoms in total. The number of nitrogens with zero attached hydrogens (tertiary/aromatic N) is 1. The third-order valence-corrected chi connectivity index (χ3v) is 4.86. The van der Waals surface area contributed by atoms with E-state index < -0.39 is 12.1 Å². The lowest BCUT2D eigenvalue weighted by Crippen LogP contribution is -2.41. The largest absolute Gasteiger partial charge is 0.452 e. The van der Waals surface area contributed by atoms with Crippen molar-refractivity contribution in [3.63, 3.8) is 0 Å². The number of hydrogen-bond donors (Lipinski definition) is 2. The molecule has 156 valence electrons. The summed E-state index contributed by atoms with van der Waals surface area (Å²) in [5.74, 6) is -0.928. The second kappa shape index (κ2) is 9.82. The fraction of sp³-hybridized carbons (Fsp3) is 0.304. The van der Waals surface area contributed by atoms with Crippen LogP contribution >= 0.6 is 0 Å². The summed E-state index contributed by atoms with van der Waals surface area (Å²) in [5, 5.41) is 10.3. The second-order valence-electron chi connectivity index (χ2n) is 7.29. The van der Waals surface area contributed by atoms with Crippen LogP contribution in [0.5, 0.6) is 0 Å². The molecule has 2 N–H and O–H groups in total. The Labute approximate surface area is 174 Å². The molecule has 2 atom stereocenters. The zero-order chi connectivity index (χ0) is 21.5. The van der Waals surface area contributed by atoms with Gasteiger partial charge in [0.1, 0.15) is 0 Å². The molecule has 1 aromatic heterocycles. The number of benzene rings is 2. The van der Waals surface area contributed by atoms with Crippen LogP contribution in [-0.4, -0.2) is 34.2 Å². The summed E-state index contributed by atoms with van der Waals surface area (Å²) in [7, 11) is 0. The van der Waals surface area contributed by atoms with E-state index in [1.165, 1.54) is 12.5 Å². The summed E-state index contributed by atoms with van der Waals surface area (Å²) >= 11 is 0. The standard InChI is InChI=1S/C23H25N3O4/c1-15(12-13-17-8-4-3-5-9-17)24-22(28)16(2)30-21(27)14-20-18-10-6-7-11-19(18)23(29)26-25-20/h3-11,15-16H,12-14H2,1-2H3,(H,24,28)(H,26,29)/t15-,16+/m0/s1. The van der Waals surface area contributed by atoms with Gasteiger partial charge in [0.25, 0.3) is 11.5 Å². The third-order valence-electron chi connectivity index (χ3n) is 4.86. The van der Waals surface area contributed by atoms with E-state index in [0.717, 1.165) is 12.8 Å². The van der Waals surface area contributed by atoms with E-state index in [4.69, 9.17) is 4.74 Å². The van der Waals surface area contributed by atoms with E-state index in [9.17, 15) is 14.4 Å². The van der Waals surface area contributed by atoms with E-state index in [0.29, 0.717) is 16.5 Å². The van der Waals surface area contributed by atoms with Crippen LogP contribution in [0, 0.1) is 0 Å². The molecule has 0 bridgehead atoms. The molecule has 7 heteroatoms. The Morgan fingerprint density at radius 2 is 1.70 bits per heavy atom. The highest BCUT2D eigenvalue weighted by atomic mass is 16.5. The van der Waals surface area contributed by atoms with Crippen LogP contribution in [0.4, 0.5) is 0 Å². The summed E-state index contributed by atoms with van der Waals surface area (Å²) in [6.45, 7) is 3.46. The summed E-state index contributed by atoms with van der Waals surface area (Å²) in [4.78, 5) is 36.5. The van der Waals surface area contributed by atoms with Crippen LogP contribution in [0.15, 0.2) is 59.4 Å². The second-order valence-corrected chi connectivity index (χ2v) is 7.29. The monoisotopic (exact) mass is 407 g/mol. The Morgan fingerprint density at radius 1 is 1.03 bits per heavy atom. The summed E-state index contributed by atoms with van der Waals surface area (Å²) < 4.78 is 5.28. The summed E-state index contributed by atoms with van der Waals surface area (Å²) in [6.07, 6.45) is 0.564. The maximum atomic E-state index is 12.4. The van der Waals surface area contributed by atoms with E-state index in [1.807, 2.05) is 37.3 Å². The minimum atomic E-state index is -0.925. The number of aryl methyl sites for hydroxylation is 1. The van der Waals surface area contributed by atoms with Gasteiger partial charge in [0.15, 0.2) is 6.10 Å². The van der Waals surface area contributed by atoms with E-state index in [1.54, 1.807) is 24.3 Å². The number of nitrogens with one attached hydrogen (secondary N) is 2. The smallest absolute Gasteiger partial charge is 0.312 e. The quantitative estimate of drug-likeness (QED) is 0.559. The van der Waals surface area contributed by atoms with E-state index >= 15 is 0 Å². The van der Waals surface area contributed by atoms with E-state index in [-0.39, 0.29) is 23.9 Å². The molecule has 0 unspecified atom stereocenters. The number of H-pyrrole nitrogens is 1. The molecular formula is C23H25N3O4. The van der Waals surface area contributed by atoms with Crippen LogP contribution in [-0.2, 0) is 27.2 Å². The predicted octanol–water partition coefficient (Wildman–Crippen LogP) is 2.53. The molecular weight excluding hydrogens is 382 g/mol. The fourth-order valence-electron chi connectivity index (χ4n) is 3.20. The van der Waals surface area contributed by atoms with Gasteiger partial charge < -0.3 is 10.1 Å². The topological polar surface area (TPSA) is 101 Å². The van der Waals surface area contributed by atoms with Gasteiger partial charge in [-0.3, -0.25) is 14.4 Å². The Morgan fingerprint density at radius 3 is 2.43 bits per heavy atom. The van der Waals surface area contributed by atoms with Gasteiger partial charge in [-0.25, -0.2) is 5.10 Å². The maximum Gasteiger partial charge on any atom is 0.312 e. The number of ether oxygens (including phenoxy) is 1. The van der Waals surface area contributed by atoms with Crippen LogP contribution in [0.2, 0.25) is 0 Å². The Kier molecular flexibility index (Phi) is 6.95. The molecule has 0 aliphatic rings. The molecule has 0 aliphatic heterocycles. The minimum absolute atomic E-state index is 0.0522. The molecule has 1 heterocycles. The van der Waals surface area contributed by atoms with Crippen molar-refractivity contribution in [3.8, 4) is 0 Å². The molecule has 1 amide bonds. The average molecular weight is 407 g/mol. The van der Waals surface area contributed by atoms with Gasteiger partial charge in [-0.05, 0) is 38.3 Å². The number of aromatic nitrogens is 2. The Balaban J connectivity index is 1.52. The highest BCUT2D eigenvalue weighted by molar-refractivity contribution is 5.88. The number of rotatable bonds is 8. The fourth-order valence-corrected chi connectivity index (χ4v) is 3.20. The van der Waals surface area contributed by atoms with Crippen molar-refractivity contribution in [1.29, 1.82) is 0 Å². The van der Waals surface area contributed by atoms with Crippen molar-refractivity contribution < 1.29 is 14.3 Å². The molecule has 0 radical (unpaired) electrons. The van der Waals surface area contributed by atoms with Crippen LogP contribution in [0.1, 0.15) is 31.5 Å². The van der Waals surface area contributed by atoms with Gasteiger partial charge in [0.2, 0.25) is 0 Å². The van der Waals surface area contributed by atoms with Crippen molar-refractivity contribution in [3.05, 3.63) is 76.2 Å². The lowest BCUT2D eigenvalue weighted by molar-refractivity contribution is -0.154. The predicted molar refractivity (Wildman–Crippen MR) is 114 cm³/mol. The Hall–Kier alpha value is -3.48. The zero-order valence-corrected chi connectivity index (χ0v) is 17.1. The van der Waals surface area contributed by atoms with Crippen molar-refractivity contribution >= 4 is 22.6 Å². The zero-order valence-electron chi connectivity index (χ0n) is 17.1. The van der Waals surface area contributed by atoms with Gasteiger partial charge in [-0.2, -0.15) is 5.10 Å². The van der Waals surface area contributed by atoms with Gasteiger partial charge >= 0.3 is 5.97 Å². The number of carbonyl (C=O) groups excluding carboxylic acids is 2. The highest BCUT2D eigenvalue weighted by Gasteiger charge is 2.20. The van der Waals surface area contributed by atoms with Crippen molar-refractivity contribution in [2.24, 2.45) is 0 Å². The van der Waals surface area contributed by atoms with Crippen molar-refractivity contribution in [1.82, 2.24) is 15.5 Å². The first-order chi connectivity index (χ1) is 14.4. The lowest BCUT2D eigenvalue weighted by atomic mass is 10.1. The van der Waals surface area contributed by atoms with Gasteiger partial charge in [0, 0.05) is 11.4 Å². The lowest BCUT2D eigenvalue weighted by Gasteiger charge is -2.18. The molecule has 2 aromatic carbocycles. The first-order valence-corrected chi connectivity index (χ1v) is 9.94. The number of amides is 1. The highest BCUT2D eigenvalue weighted by Crippen LogP contribution is 2.13. The molecule has 0 spiro atoms. The molecule has 0 aliphatic carbocycles. The molecule has 0 saturated carbocycles. The first-order valence-electron chi connectivity index (χ1n) is 9.94. The van der Waals surface area contributed by atoms with Crippen LogP contribution < -0.4 is 10.9 Å². The minimum Gasteiger partial charge on any atom is -0.452 e. The number of hydrogen-bond acceptors (Lipinski definition) is 5. The molecule has 3 aromatic rings. The SMILES string of the molecule is C[C@@H](CCc1ccccc1)NC(=O)[C@@H](C)OC(=O)Cc1n[nH]c(=O)c2ccccc12. The third kappa shape index (κ3) is 5.53.